The maximum Gasteiger partial charge on any atom is 0.301 e. The van der Waals surface area contributed by atoms with Gasteiger partial charge < -0.3 is 20.6 Å². The molecular formula is C59H61N13O6S2. The van der Waals surface area contributed by atoms with Crippen LogP contribution in [-0.2, 0) is 29.7 Å². The predicted octanol–water partition coefficient (Wildman–Crippen LogP) is 9.87. The van der Waals surface area contributed by atoms with Gasteiger partial charge in [0.05, 0.1) is 35.6 Å². The average Bonchev–Trinajstić information content (AvgIpc) is 4.35. The lowest BCUT2D eigenvalue weighted by Gasteiger charge is -2.38. The van der Waals surface area contributed by atoms with Gasteiger partial charge in [-0.1, -0.05) is 123 Å². The molecule has 1 saturated heterocycles. The molecule has 0 saturated carbocycles. The van der Waals surface area contributed by atoms with Crippen molar-refractivity contribution in [3.05, 3.63) is 170 Å². The van der Waals surface area contributed by atoms with Gasteiger partial charge in [0, 0.05) is 85.3 Å². The van der Waals surface area contributed by atoms with Gasteiger partial charge in [0.25, 0.3) is 11.5 Å². The molecule has 6 heterocycles. The van der Waals surface area contributed by atoms with Crippen LogP contribution in [0.3, 0.4) is 0 Å². The summed E-state index contributed by atoms with van der Waals surface area (Å²) < 4.78 is 4.42. The number of rotatable bonds is 22. The van der Waals surface area contributed by atoms with Crippen LogP contribution in [0.25, 0.3) is 49.9 Å². The third-order valence-corrected chi connectivity index (χ3v) is 15.9. The van der Waals surface area contributed by atoms with Crippen molar-refractivity contribution in [1.82, 2.24) is 54.6 Å². The number of aromatic amines is 1. The Morgan fingerprint density at radius 2 is 1.50 bits per heavy atom. The third-order valence-electron chi connectivity index (χ3n) is 14.5. The van der Waals surface area contributed by atoms with Crippen LogP contribution in [0.2, 0.25) is 0 Å². The molecule has 0 aliphatic carbocycles. The zero-order valence-electron chi connectivity index (χ0n) is 44.5. The molecule has 19 nitrogen and oxygen atoms in total. The summed E-state index contributed by atoms with van der Waals surface area (Å²) >= 11 is 2.62. The van der Waals surface area contributed by atoms with Gasteiger partial charge in [-0.05, 0) is 54.9 Å². The number of hydrogen-bond acceptors (Lipinski definition) is 14. The van der Waals surface area contributed by atoms with Gasteiger partial charge in [-0.15, -0.1) is 32.9 Å². The van der Waals surface area contributed by atoms with Gasteiger partial charge in [-0.3, -0.25) is 38.3 Å². The summed E-state index contributed by atoms with van der Waals surface area (Å²) in [5.74, 6) is -0.0358. The Balaban J connectivity index is 0.623. The molecule has 1 aliphatic rings. The van der Waals surface area contributed by atoms with Crippen LogP contribution in [0.15, 0.2) is 152 Å². The number of azo groups is 1. The van der Waals surface area contributed by atoms with E-state index in [-0.39, 0.29) is 46.9 Å². The molecular weight excluding hydrogens is 1050 g/mol. The number of fused-ring (bicyclic) bond motifs is 1. The number of piperidine rings is 1. The second kappa shape index (κ2) is 25.1. The van der Waals surface area contributed by atoms with Crippen molar-refractivity contribution in [3.63, 3.8) is 0 Å². The average molecular weight is 1110 g/mol. The third kappa shape index (κ3) is 13.0. The van der Waals surface area contributed by atoms with Crippen molar-refractivity contribution in [2.24, 2.45) is 17.3 Å². The topological polar surface area (TPSA) is 240 Å². The van der Waals surface area contributed by atoms with Gasteiger partial charge in [-0.2, -0.15) is 9.78 Å². The maximum atomic E-state index is 13.7. The van der Waals surface area contributed by atoms with Gasteiger partial charge in [0.1, 0.15) is 5.52 Å². The standard InChI is InChI=1S/C59H61N13O6S2/c1-39(41-14-8-6-9-15-41)34-48(74)70-31-27-59(78,28-32-70)37-71-38-63-50-52(55(71)76)67-69(2)53(50)44-21-19-40(20-22-44)35-62-47(73)18-12-4-3-5-13-29-60-54(75)45-25-23-42(24-26-45)46-36-80-58(64-46)72-56(77)51(65-66-57-61-30-33-79-57)49(68-72)43-16-10-7-11-17-43/h6-11,14-17,19-26,30,33,36,38-39,68,78H,3-5,12-13,18,27-29,31-32,34-35,37H2,1-2H3,(H,60,75)(H,62,73)/t39-/m1/s1. The maximum absolute atomic E-state index is 13.7. The number of aromatic nitrogens is 8. The largest absolute Gasteiger partial charge is 0.388 e. The van der Waals surface area contributed by atoms with E-state index in [0.29, 0.717) is 90.3 Å². The number of carbonyl (C=O) groups is 3. The van der Waals surface area contributed by atoms with E-state index in [0.717, 1.165) is 59.9 Å². The van der Waals surface area contributed by atoms with Crippen LogP contribution in [0.4, 0.5) is 10.8 Å². The van der Waals surface area contributed by atoms with Crippen molar-refractivity contribution < 1.29 is 19.5 Å². The predicted molar refractivity (Wildman–Crippen MR) is 310 cm³/mol. The number of likely N-dealkylation sites (tertiary alicyclic amines) is 1. The first-order chi connectivity index (χ1) is 38.9. The molecule has 10 rings (SSSR count). The Hall–Kier alpha value is -8.53. The Morgan fingerprint density at radius 3 is 2.24 bits per heavy atom. The van der Waals surface area contributed by atoms with Gasteiger partial charge in [0.2, 0.25) is 22.1 Å². The van der Waals surface area contributed by atoms with Crippen molar-refractivity contribution in [2.45, 2.75) is 89.3 Å². The summed E-state index contributed by atoms with van der Waals surface area (Å²) in [5.41, 5.74) is 5.73. The fourth-order valence-corrected chi connectivity index (χ4v) is 11.1. The summed E-state index contributed by atoms with van der Waals surface area (Å²) in [6.45, 7) is 3.84. The molecule has 0 bridgehead atoms. The number of amides is 3. The van der Waals surface area contributed by atoms with E-state index in [1.165, 1.54) is 38.2 Å². The highest BCUT2D eigenvalue weighted by Gasteiger charge is 2.35. The first kappa shape index (κ1) is 54.8. The zero-order valence-corrected chi connectivity index (χ0v) is 46.1. The summed E-state index contributed by atoms with van der Waals surface area (Å²) in [4.78, 5) is 81.6. The molecule has 1 atom stereocenters. The minimum absolute atomic E-state index is 0.0213. The first-order valence-corrected chi connectivity index (χ1v) is 28.5. The normalized spacial score (nSPS) is 13.7. The lowest BCUT2D eigenvalue weighted by atomic mass is 9.90. The van der Waals surface area contributed by atoms with Crippen LogP contribution < -0.4 is 21.8 Å². The van der Waals surface area contributed by atoms with E-state index in [4.69, 9.17) is 4.98 Å². The van der Waals surface area contributed by atoms with Crippen molar-refractivity contribution >= 4 is 62.2 Å². The molecule has 9 aromatic rings. The van der Waals surface area contributed by atoms with E-state index in [1.807, 2.05) is 109 Å². The van der Waals surface area contributed by atoms with E-state index < -0.39 is 11.2 Å². The highest BCUT2D eigenvalue weighted by Crippen LogP contribution is 2.32. The second-order valence-corrected chi connectivity index (χ2v) is 21.9. The number of nitrogens with one attached hydrogen (secondary N) is 3. The van der Waals surface area contributed by atoms with Gasteiger partial charge >= 0.3 is 5.56 Å². The number of H-pyrrole nitrogens is 1. The minimum atomic E-state index is -1.17. The van der Waals surface area contributed by atoms with Crippen LogP contribution in [0.5, 0.6) is 0 Å². The number of nitrogens with zero attached hydrogens (tertiary/aromatic N) is 10. The van der Waals surface area contributed by atoms with E-state index in [9.17, 15) is 29.1 Å². The molecule has 21 heteroatoms. The number of carbonyl (C=O) groups excluding carboxylic acids is 3. The van der Waals surface area contributed by atoms with Crippen molar-refractivity contribution in [2.75, 3.05) is 19.6 Å². The van der Waals surface area contributed by atoms with E-state index in [1.54, 1.807) is 40.3 Å². The van der Waals surface area contributed by atoms with Gasteiger partial charge in [-0.25, -0.2) is 15.0 Å². The van der Waals surface area contributed by atoms with Crippen LogP contribution >= 0.6 is 22.7 Å². The van der Waals surface area contributed by atoms with Crippen LogP contribution in [-0.4, -0.2) is 92.0 Å². The number of thiazole rings is 2. The van der Waals surface area contributed by atoms with E-state index >= 15 is 0 Å². The Bertz CT molecular complexity index is 3730. The van der Waals surface area contributed by atoms with Crippen LogP contribution in [0, 0.1) is 0 Å². The summed E-state index contributed by atoms with van der Waals surface area (Å²) in [7, 11) is 1.77. The Labute approximate surface area is 469 Å². The molecule has 5 aromatic heterocycles. The molecule has 80 heavy (non-hydrogen) atoms. The minimum Gasteiger partial charge on any atom is -0.388 e. The Kier molecular flexibility index (Phi) is 17.2. The molecule has 1 aliphatic heterocycles. The van der Waals surface area contributed by atoms with E-state index in [2.05, 4.69) is 41.0 Å². The lowest BCUT2D eigenvalue weighted by Crippen LogP contribution is -2.49. The van der Waals surface area contributed by atoms with Crippen LogP contribution in [0.1, 0.15) is 92.1 Å². The number of hydrogen-bond donors (Lipinski definition) is 4. The fraction of sp³-hybridized carbons (Fsp3) is 0.305. The summed E-state index contributed by atoms with van der Waals surface area (Å²) in [6.07, 6.45) is 8.95. The molecule has 410 valence electrons. The highest BCUT2D eigenvalue weighted by molar-refractivity contribution is 7.13. The molecule has 3 amide bonds. The highest BCUT2D eigenvalue weighted by atomic mass is 32.1. The van der Waals surface area contributed by atoms with Crippen molar-refractivity contribution in [3.8, 4) is 38.9 Å². The van der Waals surface area contributed by atoms with Gasteiger partial charge in [0.15, 0.2) is 11.2 Å². The second-order valence-electron chi connectivity index (χ2n) is 20.2. The monoisotopic (exact) mass is 1110 g/mol. The fourth-order valence-electron chi connectivity index (χ4n) is 9.90. The summed E-state index contributed by atoms with van der Waals surface area (Å²) in [6, 6.07) is 34.3. The molecule has 0 unspecified atom stereocenters. The smallest absolute Gasteiger partial charge is 0.301 e. The molecule has 1 fully saturated rings. The molecule has 4 N–H and O–H groups in total. The molecule has 0 spiro atoms. The number of benzene rings is 4. The van der Waals surface area contributed by atoms with Crippen molar-refractivity contribution in [1.29, 1.82) is 0 Å². The molecule has 4 aromatic carbocycles. The lowest BCUT2D eigenvalue weighted by molar-refractivity contribution is -0.136. The first-order valence-electron chi connectivity index (χ1n) is 26.8. The SMILES string of the molecule is C[C@H](CC(=O)N1CCC(O)(Cn2cnc3c(-c4ccc(CNC(=O)CCCCCCCNC(=O)c5ccc(-c6csc(-n7[nH]c(-c8ccccc8)c(N=Nc8nccs8)c7=O)n6)cc5)cc4)n(C)nc3c2=O)CC1)c1ccccc1. The summed E-state index contributed by atoms with van der Waals surface area (Å²) in [5, 5.41) is 38.2. The Morgan fingerprint density at radius 1 is 0.787 bits per heavy atom. The number of aliphatic hydroxyl groups is 1. The number of unbranched alkanes of at least 4 members (excludes halogenated alkanes) is 4. The number of aryl methyl sites for hydroxylation is 1. The molecule has 0 radical (unpaired) electrons. The zero-order chi connectivity index (χ0) is 55.6. The quantitative estimate of drug-likeness (QED) is 0.0370.